The number of carbonyl (C=O) groups excluding carboxylic acids is 2. The van der Waals surface area contributed by atoms with Gasteiger partial charge in [-0.05, 0) is 25.8 Å². The molecule has 29 heavy (non-hydrogen) atoms. The van der Waals surface area contributed by atoms with Crippen LogP contribution in [0, 0.1) is 6.92 Å². The van der Waals surface area contributed by atoms with Gasteiger partial charge in [-0.2, -0.15) is 4.98 Å². The van der Waals surface area contributed by atoms with Gasteiger partial charge in [-0.1, -0.05) is 66.2 Å². The Morgan fingerprint density at radius 2 is 1.76 bits per heavy atom. The average Bonchev–Trinajstić information content (AvgIpc) is 3.21. The maximum atomic E-state index is 12.4. The Hall–Kier alpha value is -3.28. The van der Waals surface area contributed by atoms with Gasteiger partial charge >= 0.3 is 5.97 Å². The number of carbonyl (C=O) groups is 2. The number of ketones is 1. The lowest BCUT2D eigenvalue weighted by Crippen LogP contribution is -2.24. The first-order valence-electron chi connectivity index (χ1n) is 9.68. The molecule has 1 unspecified atom stereocenters. The van der Waals surface area contributed by atoms with E-state index in [1.165, 1.54) is 0 Å². The van der Waals surface area contributed by atoms with E-state index >= 15 is 0 Å². The van der Waals surface area contributed by atoms with Crippen molar-refractivity contribution in [3.8, 4) is 11.4 Å². The fourth-order valence-corrected chi connectivity index (χ4v) is 2.83. The summed E-state index contributed by atoms with van der Waals surface area (Å²) in [4.78, 5) is 28.8. The highest BCUT2D eigenvalue weighted by atomic mass is 16.5. The number of nitrogens with zero attached hydrogens (tertiary/aromatic N) is 2. The zero-order chi connectivity index (χ0) is 20.8. The van der Waals surface area contributed by atoms with Gasteiger partial charge in [-0.25, -0.2) is 0 Å². The summed E-state index contributed by atoms with van der Waals surface area (Å²) >= 11 is 0. The Morgan fingerprint density at radius 3 is 2.41 bits per heavy atom. The van der Waals surface area contributed by atoms with Crippen LogP contribution in [0.2, 0.25) is 0 Å². The second-order valence-electron chi connectivity index (χ2n) is 6.92. The SMILES string of the molecule is CCc1ccc(C(=O)C(C)OC(=O)CCc2nc(-c3ccc(C)cc3)no2)cc1. The van der Waals surface area contributed by atoms with E-state index in [2.05, 4.69) is 10.1 Å². The normalized spacial score (nSPS) is 11.8. The van der Waals surface area contributed by atoms with Crippen molar-refractivity contribution >= 4 is 11.8 Å². The van der Waals surface area contributed by atoms with E-state index in [-0.39, 0.29) is 18.6 Å². The van der Waals surface area contributed by atoms with Gasteiger partial charge in [-0.15, -0.1) is 0 Å². The minimum Gasteiger partial charge on any atom is -0.454 e. The number of esters is 1. The molecule has 1 aromatic heterocycles. The summed E-state index contributed by atoms with van der Waals surface area (Å²) in [6, 6.07) is 15.1. The minimum atomic E-state index is -0.846. The first kappa shape index (κ1) is 20.5. The zero-order valence-electron chi connectivity index (χ0n) is 16.8. The first-order chi connectivity index (χ1) is 14.0. The van der Waals surface area contributed by atoms with Gasteiger partial charge in [-0.3, -0.25) is 9.59 Å². The van der Waals surface area contributed by atoms with Gasteiger partial charge in [0, 0.05) is 17.5 Å². The lowest BCUT2D eigenvalue weighted by atomic mass is 10.0. The first-order valence-corrected chi connectivity index (χ1v) is 9.68. The predicted molar refractivity (Wildman–Crippen MR) is 108 cm³/mol. The summed E-state index contributed by atoms with van der Waals surface area (Å²) in [5.74, 6) is 0.130. The molecule has 0 fully saturated rings. The lowest BCUT2D eigenvalue weighted by molar-refractivity contribution is -0.146. The Bertz CT molecular complexity index is 975. The number of rotatable bonds is 8. The van der Waals surface area contributed by atoms with Crippen LogP contribution < -0.4 is 0 Å². The van der Waals surface area contributed by atoms with Gasteiger partial charge in [0.25, 0.3) is 0 Å². The molecule has 0 saturated carbocycles. The van der Waals surface area contributed by atoms with Gasteiger partial charge in [0.1, 0.15) is 0 Å². The summed E-state index contributed by atoms with van der Waals surface area (Å²) in [7, 11) is 0. The van der Waals surface area contributed by atoms with E-state index in [1.54, 1.807) is 19.1 Å². The topological polar surface area (TPSA) is 82.3 Å². The van der Waals surface area contributed by atoms with E-state index in [1.807, 2.05) is 50.2 Å². The molecule has 6 nitrogen and oxygen atoms in total. The lowest BCUT2D eigenvalue weighted by Gasteiger charge is -2.12. The van der Waals surface area contributed by atoms with Crippen molar-refractivity contribution < 1.29 is 18.8 Å². The molecule has 6 heteroatoms. The second-order valence-corrected chi connectivity index (χ2v) is 6.92. The molecule has 0 aliphatic carbocycles. The average molecular weight is 392 g/mol. The Labute approximate surface area is 169 Å². The van der Waals surface area contributed by atoms with Crippen molar-refractivity contribution in [2.45, 2.75) is 46.1 Å². The van der Waals surface area contributed by atoms with Crippen LogP contribution in [0.1, 0.15) is 47.6 Å². The number of hydrogen-bond acceptors (Lipinski definition) is 6. The van der Waals surface area contributed by atoms with Crippen LogP contribution in [0.25, 0.3) is 11.4 Å². The van der Waals surface area contributed by atoms with Crippen molar-refractivity contribution in [2.24, 2.45) is 0 Å². The maximum absolute atomic E-state index is 12.4. The van der Waals surface area contributed by atoms with Gasteiger partial charge in [0.15, 0.2) is 6.10 Å². The molecule has 0 aliphatic rings. The van der Waals surface area contributed by atoms with Crippen molar-refractivity contribution in [1.82, 2.24) is 10.1 Å². The zero-order valence-corrected chi connectivity index (χ0v) is 16.8. The van der Waals surface area contributed by atoms with Crippen LogP contribution in [0.5, 0.6) is 0 Å². The summed E-state index contributed by atoms with van der Waals surface area (Å²) in [5, 5.41) is 3.94. The second kappa shape index (κ2) is 9.28. The highest BCUT2D eigenvalue weighted by Gasteiger charge is 2.20. The summed E-state index contributed by atoms with van der Waals surface area (Å²) in [6.45, 7) is 5.63. The number of hydrogen-bond donors (Lipinski definition) is 0. The Kier molecular flexibility index (Phi) is 6.54. The summed E-state index contributed by atoms with van der Waals surface area (Å²) in [5.41, 5.74) is 3.67. The molecule has 3 rings (SSSR count). The number of aromatic nitrogens is 2. The van der Waals surface area contributed by atoms with Gasteiger partial charge in [0.05, 0.1) is 6.42 Å². The number of Topliss-reactive ketones (excluding diaryl/α,β-unsaturated/α-hetero) is 1. The van der Waals surface area contributed by atoms with Crippen molar-refractivity contribution in [1.29, 1.82) is 0 Å². The van der Waals surface area contributed by atoms with Crippen molar-refractivity contribution in [3.05, 3.63) is 71.1 Å². The third kappa shape index (κ3) is 5.38. The molecule has 0 radical (unpaired) electrons. The third-order valence-electron chi connectivity index (χ3n) is 4.64. The van der Waals surface area contributed by atoms with Crippen LogP contribution in [0.3, 0.4) is 0 Å². The highest BCUT2D eigenvalue weighted by molar-refractivity contribution is 6.00. The van der Waals surface area contributed by atoms with E-state index in [4.69, 9.17) is 9.26 Å². The molecule has 0 aliphatic heterocycles. The van der Waals surface area contributed by atoms with E-state index in [0.717, 1.165) is 23.1 Å². The minimum absolute atomic E-state index is 0.0575. The molecule has 1 atom stereocenters. The van der Waals surface area contributed by atoms with Gasteiger partial charge < -0.3 is 9.26 Å². The van der Waals surface area contributed by atoms with Crippen LogP contribution in [0.4, 0.5) is 0 Å². The van der Waals surface area contributed by atoms with Gasteiger partial charge in [0.2, 0.25) is 17.5 Å². The fraction of sp³-hybridized carbons (Fsp3) is 0.304. The third-order valence-corrected chi connectivity index (χ3v) is 4.64. The molecule has 3 aromatic rings. The van der Waals surface area contributed by atoms with Crippen molar-refractivity contribution in [3.63, 3.8) is 0 Å². The monoisotopic (exact) mass is 392 g/mol. The molecular formula is C23H24N2O4. The largest absolute Gasteiger partial charge is 0.454 e. The quantitative estimate of drug-likeness (QED) is 0.419. The molecule has 0 amide bonds. The summed E-state index contributed by atoms with van der Waals surface area (Å²) in [6.07, 6.45) is 0.368. The van der Waals surface area contributed by atoms with E-state index < -0.39 is 12.1 Å². The molecular weight excluding hydrogens is 368 g/mol. The smallest absolute Gasteiger partial charge is 0.307 e. The molecule has 0 bridgehead atoms. The molecule has 0 saturated heterocycles. The molecule has 2 aromatic carbocycles. The number of ether oxygens (including phenoxy) is 1. The van der Waals surface area contributed by atoms with Crippen LogP contribution >= 0.6 is 0 Å². The van der Waals surface area contributed by atoms with Crippen molar-refractivity contribution in [2.75, 3.05) is 0 Å². The van der Waals surface area contributed by atoms with Crippen LogP contribution in [0.15, 0.2) is 53.1 Å². The standard InChI is InChI=1S/C23H24N2O4/c1-4-17-7-11-18(12-8-17)22(27)16(3)28-21(26)14-13-20-24-23(25-29-20)19-9-5-15(2)6-10-19/h5-12,16H,4,13-14H2,1-3H3. The van der Waals surface area contributed by atoms with E-state index in [9.17, 15) is 9.59 Å². The van der Waals surface area contributed by atoms with Crippen LogP contribution in [-0.2, 0) is 22.4 Å². The summed E-state index contributed by atoms with van der Waals surface area (Å²) < 4.78 is 10.5. The number of benzene rings is 2. The van der Waals surface area contributed by atoms with E-state index in [0.29, 0.717) is 17.3 Å². The Balaban J connectivity index is 1.51. The molecule has 1 heterocycles. The predicted octanol–water partition coefficient (Wildman–Crippen LogP) is 4.35. The molecule has 0 spiro atoms. The fourth-order valence-electron chi connectivity index (χ4n) is 2.83. The highest BCUT2D eigenvalue weighted by Crippen LogP contribution is 2.17. The number of aryl methyl sites for hydroxylation is 3. The Morgan fingerprint density at radius 1 is 1.07 bits per heavy atom. The molecule has 0 N–H and O–H groups in total. The maximum Gasteiger partial charge on any atom is 0.307 e. The molecule has 150 valence electrons. The van der Waals surface area contributed by atoms with Crippen LogP contribution in [-0.4, -0.2) is 28.0 Å².